The van der Waals surface area contributed by atoms with Crippen LogP contribution >= 0.6 is 15.9 Å². The van der Waals surface area contributed by atoms with Crippen LogP contribution in [-0.2, 0) is 11.2 Å². The van der Waals surface area contributed by atoms with E-state index in [1.165, 1.54) is 0 Å². The minimum absolute atomic E-state index is 0.0706. The molecule has 1 unspecified atom stereocenters. The molecule has 0 radical (unpaired) electrons. The maximum Gasteiger partial charge on any atom is 0.224 e. The lowest BCUT2D eigenvalue weighted by molar-refractivity contribution is -0.120. The first kappa shape index (κ1) is 16.0. The highest BCUT2D eigenvalue weighted by molar-refractivity contribution is 9.09. The Balaban J connectivity index is 2.41. The summed E-state index contributed by atoms with van der Waals surface area (Å²) in [5.41, 5.74) is 0.977. The van der Waals surface area contributed by atoms with Gasteiger partial charge in [0, 0.05) is 11.9 Å². The molecule has 4 heteroatoms. The number of hydrogen-bond donors (Lipinski definition) is 1. The van der Waals surface area contributed by atoms with E-state index in [1.54, 1.807) is 7.11 Å². The third-order valence-electron chi connectivity index (χ3n) is 3.18. The molecule has 0 fully saturated rings. The average molecular weight is 328 g/mol. The van der Waals surface area contributed by atoms with Gasteiger partial charge in [-0.05, 0) is 30.0 Å². The van der Waals surface area contributed by atoms with Crippen molar-refractivity contribution in [3.63, 3.8) is 0 Å². The molecule has 0 saturated carbocycles. The molecule has 1 rings (SSSR count). The third-order valence-corrected chi connectivity index (χ3v) is 3.64. The minimum Gasteiger partial charge on any atom is -0.497 e. The number of carbonyl (C=O) groups is 1. The third kappa shape index (κ3) is 6.10. The van der Waals surface area contributed by atoms with Gasteiger partial charge in [0.1, 0.15) is 5.75 Å². The molecule has 0 bridgehead atoms. The molecular weight excluding hydrogens is 306 g/mol. The van der Waals surface area contributed by atoms with Crippen LogP contribution in [0.1, 0.15) is 25.3 Å². The highest BCUT2D eigenvalue weighted by Crippen LogP contribution is 2.13. The topological polar surface area (TPSA) is 38.3 Å². The van der Waals surface area contributed by atoms with Gasteiger partial charge >= 0.3 is 0 Å². The van der Waals surface area contributed by atoms with Crippen molar-refractivity contribution in [2.24, 2.45) is 5.92 Å². The van der Waals surface area contributed by atoms with Crippen LogP contribution in [0.3, 0.4) is 0 Å². The quantitative estimate of drug-likeness (QED) is 0.745. The summed E-state index contributed by atoms with van der Waals surface area (Å²) in [5, 5.41) is 3.99. The van der Waals surface area contributed by atoms with Gasteiger partial charge in [-0.25, -0.2) is 0 Å². The second-order valence-electron chi connectivity index (χ2n) is 4.58. The van der Waals surface area contributed by atoms with Gasteiger partial charge in [-0.3, -0.25) is 4.79 Å². The van der Waals surface area contributed by atoms with Gasteiger partial charge in [0.05, 0.1) is 13.5 Å². The minimum atomic E-state index is 0.0706. The summed E-state index contributed by atoms with van der Waals surface area (Å²) < 4.78 is 5.15. The van der Waals surface area contributed by atoms with E-state index in [1.807, 2.05) is 24.3 Å². The number of nitrogens with one attached hydrogen (secondary N) is 1. The van der Waals surface area contributed by atoms with Crippen LogP contribution in [0, 0.1) is 5.92 Å². The molecule has 3 nitrogen and oxygen atoms in total. The molecular formula is C15H22BrNO2. The van der Waals surface area contributed by atoms with Crippen molar-refractivity contribution in [2.45, 2.75) is 26.2 Å². The molecule has 0 saturated heterocycles. The van der Waals surface area contributed by atoms with E-state index in [2.05, 4.69) is 28.2 Å². The standard InChI is InChI=1S/C15H22BrNO2/c1-3-12(7-8-16)11-17-15(18)10-13-5-4-6-14(9-13)19-2/h4-6,9,12H,3,7-8,10-11H2,1-2H3,(H,17,18). The lowest BCUT2D eigenvalue weighted by Gasteiger charge is -2.14. The number of amides is 1. The van der Waals surface area contributed by atoms with Crippen LogP contribution < -0.4 is 10.1 Å². The van der Waals surface area contributed by atoms with E-state index in [9.17, 15) is 4.79 Å². The molecule has 0 spiro atoms. The fourth-order valence-corrected chi connectivity index (χ4v) is 2.54. The van der Waals surface area contributed by atoms with Gasteiger partial charge in [0.2, 0.25) is 5.91 Å². The normalized spacial score (nSPS) is 11.9. The number of ether oxygens (including phenoxy) is 1. The first-order valence-electron chi connectivity index (χ1n) is 6.65. The number of benzene rings is 1. The molecule has 1 aromatic rings. The van der Waals surface area contributed by atoms with Crippen molar-refractivity contribution in [2.75, 3.05) is 19.0 Å². The molecule has 1 atom stereocenters. The van der Waals surface area contributed by atoms with Gasteiger partial charge in [-0.2, -0.15) is 0 Å². The molecule has 0 aliphatic heterocycles. The monoisotopic (exact) mass is 327 g/mol. The lowest BCUT2D eigenvalue weighted by atomic mass is 10.0. The Kier molecular flexibility index (Phi) is 7.56. The van der Waals surface area contributed by atoms with Crippen molar-refractivity contribution < 1.29 is 9.53 Å². The Bertz CT molecular complexity index is 395. The lowest BCUT2D eigenvalue weighted by Crippen LogP contribution is -2.30. The predicted octanol–water partition coefficient (Wildman–Crippen LogP) is 3.17. The van der Waals surface area contributed by atoms with Crippen LogP contribution in [0.4, 0.5) is 0 Å². The molecule has 1 N–H and O–H groups in total. The fraction of sp³-hybridized carbons (Fsp3) is 0.533. The number of rotatable bonds is 8. The fourth-order valence-electron chi connectivity index (χ4n) is 1.89. The Hall–Kier alpha value is -1.03. The molecule has 106 valence electrons. The van der Waals surface area contributed by atoms with Crippen LogP contribution in [0.25, 0.3) is 0 Å². The average Bonchev–Trinajstić information content (AvgIpc) is 2.43. The van der Waals surface area contributed by atoms with Crippen molar-refractivity contribution >= 4 is 21.8 Å². The summed E-state index contributed by atoms with van der Waals surface area (Å²) >= 11 is 3.44. The maximum absolute atomic E-state index is 11.9. The van der Waals surface area contributed by atoms with E-state index in [-0.39, 0.29) is 5.91 Å². The Morgan fingerprint density at radius 3 is 2.89 bits per heavy atom. The molecule has 1 aromatic carbocycles. The van der Waals surface area contributed by atoms with E-state index >= 15 is 0 Å². The van der Waals surface area contributed by atoms with Crippen molar-refractivity contribution in [3.05, 3.63) is 29.8 Å². The SMILES string of the molecule is CCC(CCBr)CNC(=O)Cc1cccc(OC)c1. The second kappa shape index (κ2) is 8.97. The Morgan fingerprint density at radius 2 is 2.26 bits per heavy atom. The molecule has 0 aliphatic carbocycles. The van der Waals surface area contributed by atoms with E-state index in [0.717, 1.165) is 36.0 Å². The van der Waals surface area contributed by atoms with Crippen LogP contribution in [0.15, 0.2) is 24.3 Å². The molecule has 1 amide bonds. The van der Waals surface area contributed by atoms with Crippen LogP contribution in [0.2, 0.25) is 0 Å². The van der Waals surface area contributed by atoms with E-state index in [0.29, 0.717) is 12.3 Å². The molecule has 0 aromatic heterocycles. The summed E-state index contributed by atoms with van der Waals surface area (Å²) in [6, 6.07) is 7.62. The Labute approximate surface area is 123 Å². The number of hydrogen-bond acceptors (Lipinski definition) is 2. The number of methoxy groups -OCH3 is 1. The number of halogens is 1. The Morgan fingerprint density at radius 1 is 1.47 bits per heavy atom. The van der Waals surface area contributed by atoms with Gasteiger partial charge in [0.15, 0.2) is 0 Å². The largest absolute Gasteiger partial charge is 0.497 e. The summed E-state index contributed by atoms with van der Waals surface area (Å²) in [6.45, 7) is 2.91. The zero-order valence-electron chi connectivity index (χ0n) is 11.6. The predicted molar refractivity (Wildman–Crippen MR) is 81.9 cm³/mol. The second-order valence-corrected chi connectivity index (χ2v) is 5.38. The molecule has 19 heavy (non-hydrogen) atoms. The van der Waals surface area contributed by atoms with Gasteiger partial charge in [-0.1, -0.05) is 41.4 Å². The van der Waals surface area contributed by atoms with Crippen LogP contribution in [-0.4, -0.2) is 24.9 Å². The summed E-state index contributed by atoms with van der Waals surface area (Å²) in [4.78, 5) is 11.9. The van der Waals surface area contributed by atoms with Crippen molar-refractivity contribution in [1.82, 2.24) is 5.32 Å². The van der Waals surface area contributed by atoms with E-state index in [4.69, 9.17) is 4.74 Å². The maximum atomic E-state index is 11.9. The highest BCUT2D eigenvalue weighted by Gasteiger charge is 2.09. The van der Waals surface area contributed by atoms with Gasteiger partial charge in [-0.15, -0.1) is 0 Å². The summed E-state index contributed by atoms with van der Waals surface area (Å²) in [5.74, 6) is 1.41. The number of carbonyl (C=O) groups excluding carboxylic acids is 1. The zero-order chi connectivity index (χ0) is 14.1. The summed E-state index contributed by atoms with van der Waals surface area (Å²) in [6.07, 6.45) is 2.59. The molecule has 0 heterocycles. The van der Waals surface area contributed by atoms with Crippen molar-refractivity contribution in [1.29, 1.82) is 0 Å². The van der Waals surface area contributed by atoms with Crippen LogP contribution in [0.5, 0.6) is 5.75 Å². The van der Waals surface area contributed by atoms with Gasteiger partial charge in [0.25, 0.3) is 0 Å². The van der Waals surface area contributed by atoms with E-state index < -0.39 is 0 Å². The van der Waals surface area contributed by atoms with Gasteiger partial charge < -0.3 is 10.1 Å². The first-order chi connectivity index (χ1) is 9.19. The summed E-state index contributed by atoms with van der Waals surface area (Å²) in [7, 11) is 1.63. The molecule has 0 aliphatic rings. The number of alkyl halides is 1. The smallest absolute Gasteiger partial charge is 0.224 e. The highest BCUT2D eigenvalue weighted by atomic mass is 79.9. The van der Waals surface area contributed by atoms with Crippen molar-refractivity contribution in [3.8, 4) is 5.75 Å². The first-order valence-corrected chi connectivity index (χ1v) is 7.77. The zero-order valence-corrected chi connectivity index (χ0v) is 13.2.